The number of carbonyl (C=O) groups excluding carboxylic acids is 1. The summed E-state index contributed by atoms with van der Waals surface area (Å²) in [5.74, 6) is 2.65. The summed E-state index contributed by atoms with van der Waals surface area (Å²) in [6.07, 6.45) is -1.37. The molecular weight excluding hydrogens is 239 g/mol. The van der Waals surface area contributed by atoms with E-state index in [0.717, 1.165) is 0 Å². The van der Waals surface area contributed by atoms with Gasteiger partial charge in [-0.15, -0.1) is 0 Å². The van der Waals surface area contributed by atoms with Crippen molar-refractivity contribution >= 4 is 12.0 Å². The Morgan fingerprint density at radius 1 is 1.50 bits per heavy atom. The Morgan fingerprint density at radius 3 is 3.11 bits per heavy atom. The summed E-state index contributed by atoms with van der Waals surface area (Å²) in [6, 6.07) is -0.467. The molecular formula is C11H15FN4O2. The lowest BCUT2D eigenvalue weighted by Crippen LogP contribution is -2.58. The van der Waals surface area contributed by atoms with Crippen molar-refractivity contribution in [3.63, 3.8) is 0 Å². The van der Waals surface area contributed by atoms with Crippen LogP contribution < -0.4 is 5.73 Å². The third-order valence-electron chi connectivity index (χ3n) is 3.68. The molecule has 0 saturated carbocycles. The van der Waals surface area contributed by atoms with Crippen molar-refractivity contribution in [2.75, 3.05) is 32.8 Å². The van der Waals surface area contributed by atoms with E-state index in [0.29, 0.717) is 31.9 Å². The molecule has 18 heavy (non-hydrogen) atoms. The number of ether oxygens (including phenoxy) is 1. The van der Waals surface area contributed by atoms with E-state index in [-0.39, 0.29) is 18.7 Å². The fourth-order valence-electron chi connectivity index (χ4n) is 2.78. The summed E-state index contributed by atoms with van der Waals surface area (Å²) in [4.78, 5) is 18.8. The van der Waals surface area contributed by atoms with Crippen LogP contribution in [0.3, 0.4) is 0 Å². The molecule has 98 valence electrons. The van der Waals surface area contributed by atoms with Crippen molar-refractivity contribution in [1.82, 2.24) is 9.80 Å². The minimum absolute atomic E-state index is 0.00474. The number of alkyl halides is 1. The van der Waals surface area contributed by atoms with E-state index in [4.69, 9.17) is 10.5 Å². The number of hydrogen-bond acceptors (Lipinski definition) is 5. The number of nitrogens with zero attached hydrogens (tertiary/aromatic N) is 3. The van der Waals surface area contributed by atoms with Crippen molar-refractivity contribution < 1.29 is 13.9 Å². The van der Waals surface area contributed by atoms with Gasteiger partial charge < -0.3 is 10.5 Å². The Kier molecular flexibility index (Phi) is 2.72. The van der Waals surface area contributed by atoms with Crippen LogP contribution in [-0.4, -0.2) is 72.8 Å². The van der Waals surface area contributed by atoms with Crippen LogP contribution in [0.15, 0.2) is 10.7 Å². The molecule has 6 nitrogen and oxygen atoms in total. The summed E-state index contributed by atoms with van der Waals surface area (Å²) in [5.41, 5.74) is 6.12. The first-order valence-electron chi connectivity index (χ1n) is 6.03. The van der Waals surface area contributed by atoms with Crippen LogP contribution in [0.25, 0.3) is 0 Å². The maximum absolute atomic E-state index is 13.9. The molecule has 1 amide bonds. The second kappa shape index (κ2) is 4.26. The van der Waals surface area contributed by atoms with E-state index in [1.54, 1.807) is 4.90 Å². The molecule has 7 heteroatoms. The summed E-state index contributed by atoms with van der Waals surface area (Å²) in [6.45, 7) is 2.21. The summed E-state index contributed by atoms with van der Waals surface area (Å²) in [7, 11) is 0. The average Bonchev–Trinajstić information content (AvgIpc) is 2.71. The number of nitrogens with two attached hydrogens (primary N) is 1. The van der Waals surface area contributed by atoms with Crippen LogP contribution in [0.2, 0.25) is 0 Å². The van der Waals surface area contributed by atoms with Crippen LogP contribution in [-0.2, 0) is 4.74 Å². The van der Waals surface area contributed by atoms with Gasteiger partial charge >= 0.3 is 6.09 Å². The maximum Gasteiger partial charge on any atom is 0.410 e. The normalized spacial score (nSPS) is 36.3. The Labute approximate surface area is 104 Å². The van der Waals surface area contributed by atoms with Gasteiger partial charge in [-0.25, -0.2) is 14.2 Å². The van der Waals surface area contributed by atoms with Crippen molar-refractivity contribution in [2.24, 2.45) is 10.7 Å². The molecule has 0 aromatic heterocycles. The van der Waals surface area contributed by atoms with Gasteiger partial charge in [-0.2, -0.15) is 0 Å². The molecule has 3 atom stereocenters. The number of carbonyl (C=O) groups is 1. The van der Waals surface area contributed by atoms with Gasteiger partial charge in [0.05, 0.1) is 24.3 Å². The van der Waals surface area contributed by atoms with E-state index < -0.39 is 12.2 Å². The molecule has 3 rings (SSSR count). The predicted octanol–water partition coefficient (Wildman–Crippen LogP) is -0.645. The number of amides is 1. The lowest BCUT2D eigenvalue weighted by atomic mass is 10.0. The molecule has 0 bridgehead atoms. The second-order valence-electron chi connectivity index (χ2n) is 4.79. The molecule has 3 aliphatic rings. The standard InChI is InChI=1S/C11H15FN4O2/c12-8-3-14-4-9(13)10(8)15-1-2-16-7(5-15)6-18-11(16)17/h7-8,10H,1-3,5-6,13H2/t7-,8?,10?/m1/s1. The smallest absolute Gasteiger partial charge is 0.410 e. The number of halogens is 1. The Bertz CT molecular complexity index is 435. The maximum atomic E-state index is 13.9. The molecule has 2 N–H and O–H groups in total. The molecule has 0 aliphatic carbocycles. The van der Waals surface area contributed by atoms with E-state index in [9.17, 15) is 9.18 Å². The summed E-state index contributed by atoms with van der Waals surface area (Å²) >= 11 is 0. The molecule has 0 aromatic rings. The quantitative estimate of drug-likeness (QED) is 0.675. The highest BCUT2D eigenvalue weighted by Crippen LogP contribution is 2.23. The topological polar surface area (TPSA) is 71.2 Å². The minimum atomic E-state index is -1.10. The fraction of sp³-hybridized carbons (Fsp3) is 0.727. The van der Waals surface area contributed by atoms with Crippen molar-refractivity contribution in [2.45, 2.75) is 18.3 Å². The molecule has 2 unspecified atom stereocenters. The predicted molar refractivity (Wildman–Crippen MR) is 62.1 cm³/mol. The van der Waals surface area contributed by atoms with Crippen LogP contribution >= 0.6 is 0 Å². The van der Waals surface area contributed by atoms with E-state index in [1.165, 1.54) is 0 Å². The zero-order chi connectivity index (χ0) is 12.7. The van der Waals surface area contributed by atoms with Gasteiger partial charge in [0.2, 0.25) is 0 Å². The third-order valence-corrected chi connectivity index (χ3v) is 3.68. The Balaban J connectivity index is 1.75. The third kappa shape index (κ3) is 1.76. The number of fused-ring (bicyclic) bond motifs is 1. The van der Waals surface area contributed by atoms with Crippen LogP contribution in [0.5, 0.6) is 0 Å². The fourth-order valence-corrected chi connectivity index (χ4v) is 2.78. The first kappa shape index (κ1) is 11.5. The number of cyclic esters (lactones) is 1. The Morgan fingerprint density at radius 2 is 2.33 bits per heavy atom. The molecule has 0 radical (unpaired) electrons. The van der Waals surface area contributed by atoms with Crippen molar-refractivity contribution in [3.8, 4) is 0 Å². The van der Waals surface area contributed by atoms with Gasteiger partial charge in [0.1, 0.15) is 12.8 Å². The molecule has 0 aromatic carbocycles. The first-order chi connectivity index (χ1) is 8.66. The zero-order valence-electron chi connectivity index (χ0n) is 9.88. The van der Waals surface area contributed by atoms with Crippen LogP contribution in [0, 0.1) is 0 Å². The summed E-state index contributed by atoms with van der Waals surface area (Å²) < 4.78 is 18.9. The molecule has 3 aliphatic heterocycles. The van der Waals surface area contributed by atoms with E-state index in [2.05, 4.69) is 10.9 Å². The lowest BCUT2D eigenvalue weighted by molar-refractivity contribution is 0.0666. The van der Waals surface area contributed by atoms with Gasteiger partial charge in [0, 0.05) is 25.5 Å². The first-order valence-corrected chi connectivity index (χ1v) is 6.03. The number of aliphatic imine (C=N–C) groups is 1. The highest BCUT2D eigenvalue weighted by Gasteiger charge is 2.42. The monoisotopic (exact) mass is 254 g/mol. The van der Waals surface area contributed by atoms with Gasteiger partial charge in [0.25, 0.3) is 0 Å². The Hall–Kier alpha value is -1.59. The molecule has 2 fully saturated rings. The highest BCUT2D eigenvalue weighted by molar-refractivity contribution is 5.70. The van der Waals surface area contributed by atoms with E-state index in [1.807, 2.05) is 4.90 Å². The molecule has 0 spiro atoms. The van der Waals surface area contributed by atoms with Crippen LogP contribution in [0.1, 0.15) is 0 Å². The zero-order valence-corrected chi connectivity index (χ0v) is 9.88. The molecule has 3 heterocycles. The number of hydrogen-bond donors (Lipinski definition) is 1. The van der Waals surface area contributed by atoms with Gasteiger partial charge in [0.15, 0.2) is 0 Å². The average molecular weight is 254 g/mol. The van der Waals surface area contributed by atoms with Gasteiger partial charge in [-0.1, -0.05) is 0 Å². The van der Waals surface area contributed by atoms with Crippen molar-refractivity contribution in [3.05, 3.63) is 5.70 Å². The molecule has 2 saturated heterocycles. The summed E-state index contributed by atoms with van der Waals surface area (Å²) in [5, 5.41) is 0. The van der Waals surface area contributed by atoms with E-state index >= 15 is 0 Å². The van der Waals surface area contributed by atoms with Crippen LogP contribution in [0.4, 0.5) is 9.18 Å². The number of piperazine rings is 1. The second-order valence-corrected chi connectivity index (χ2v) is 4.79. The highest BCUT2D eigenvalue weighted by atomic mass is 19.1. The lowest BCUT2D eigenvalue weighted by Gasteiger charge is -2.41. The SMILES string of the molecule is NC1=C=NCC(F)C1N1CCN2C(=O)OC[C@H]2C1. The van der Waals surface area contributed by atoms with Crippen molar-refractivity contribution in [1.29, 1.82) is 0 Å². The number of rotatable bonds is 1. The van der Waals surface area contributed by atoms with Gasteiger partial charge in [-0.3, -0.25) is 9.80 Å². The minimum Gasteiger partial charge on any atom is -0.447 e. The largest absolute Gasteiger partial charge is 0.447 e. The van der Waals surface area contributed by atoms with Gasteiger partial charge in [-0.05, 0) is 0 Å².